The Balaban J connectivity index is 1.74. The molecule has 0 unspecified atom stereocenters. The number of hydrogen-bond donors (Lipinski definition) is 1. The zero-order valence-corrected chi connectivity index (χ0v) is 15.1. The number of nitrogens with zero attached hydrogens (tertiary/aromatic N) is 2. The van der Waals surface area contributed by atoms with Crippen molar-refractivity contribution in [1.82, 2.24) is 15.1 Å². The summed E-state index contributed by atoms with van der Waals surface area (Å²) in [7, 11) is 0. The molecule has 1 saturated heterocycles. The van der Waals surface area contributed by atoms with Crippen LogP contribution in [0.2, 0.25) is 0 Å². The fourth-order valence-electron chi connectivity index (χ4n) is 3.35. The van der Waals surface area contributed by atoms with Crippen LogP contribution in [0.3, 0.4) is 0 Å². The average molecular weight is 365 g/mol. The predicted molar refractivity (Wildman–Crippen MR) is 89.3 cm³/mol. The van der Waals surface area contributed by atoms with Gasteiger partial charge in [0.05, 0.1) is 25.8 Å². The van der Waals surface area contributed by atoms with Crippen LogP contribution in [-0.2, 0) is 9.53 Å². The van der Waals surface area contributed by atoms with Gasteiger partial charge in [-0.3, -0.25) is 14.6 Å². The Kier molecular flexibility index (Phi) is 7.51. The van der Waals surface area contributed by atoms with E-state index in [1.54, 1.807) is 0 Å². The number of amides is 1. The van der Waals surface area contributed by atoms with Crippen molar-refractivity contribution in [2.45, 2.75) is 51.4 Å². The highest BCUT2D eigenvalue weighted by Gasteiger charge is 2.36. The molecule has 0 radical (unpaired) electrons. The maximum Gasteiger partial charge on any atom is 0.401 e. The second-order valence-electron chi connectivity index (χ2n) is 7.56. The fraction of sp³-hybridized carbons (Fsp3) is 0.941. The van der Waals surface area contributed by atoms with E-state index in [9.17, 15) is 18.0 Å². The summed E-state index contributed by atoms with van der Waals surface area (Å²) in [6, 6.07) is -0.125. The van der Waals surface area contributed by atoms with Gasteiger partial charge in [0.25, 0.3) is 0 Å². The van der Waals surface area contributed by atoms with E-state index >= 15 is 0 Å². The molecule has 0 aromatic heterocycles. The molecule has 146 valence electrons. The SMILES string of the molecule is CC(C)CN1CCO[C@@H](CNC(=O)CN(CC(F)(F)F)C2CCC2)C1. The van der Waals surface area contributed by atoms with Crippen molar-refractivity contribution in [3.63, 3.8) is 0 Å². The summed E-state index contributed by atoms with van der Waals surface area (Å²) in [4.78, 5) is 15.7. The Labute approximate surface area is 147 Å². The number of ether oxygens (including phenoxy) is 1. The number of alkyl halides is 3. The Morgan fingerprint density at radius 2 is 2.08 bits per heavy atom. The molecule has 1 amide bonds. The molecule has 1 heterocycles. The predicted octanol–water partition coefficient (Wildman–Crippen LogP) is 1.88. The molecule has 0 aromatic carbocycles. The van der Waals surface area contributed by atoms with E-state index < -0.39 is 12.7 Å². The molecule has 2 rings (SSSR count). The minimum absolute atomic E-state index is 0.101. The quantitative estimate of drug-likeness (QED) is 0.713. The highest BCUT2D eigenvalue weighted by Crippen LogP contribution is 2.27. The Morgan fingerprint density at radius 3 is 2.64 bits per heavy atom. The number of hydrogen-bond acceptors (Lipinski definition) is 4. The zero-order valence-electron chi connectivity index (χ0n) is 15.1. The minimum atomic E-state index is -4.28. The lowest BCUT2D eigenvalue weighted by Crippen LogP contribution is -2.52. The van der Waals surface area contributed by atoms with Crippen molar-refractivity contribution < 1.29 is 22.7 Å². The first-order chi connectivity index (χ1) is 11.7. The lowest BCUT2D eigenvalue weighted by Gasteiger charge is -2.37. The van der Waals surface area contributed by atoms with Gasteiger partial charge in [0.15, 0.2) is 0 Å². The second-order valence-corrected chi connectivity index (χ2v) is 7.56. The van der Waals surface area contributed by atoms with Gasteiger partial charge in [0.2, 0.25) is 5.91 Å². The summed E-state index contributed by atoms with van der Waals surface area (Å²) in [6.45, 7) is 6.66. The molecule has 0 spiro atoms. The lowest BCUT2D eigenvalue weighted by atomic mass is 9.91. The minimum Gasteiger partial charge on any atom is -0.374 e. The zero-order chi connectivity index (χ0) is 18.4. The molecule has 25 heavy (non-hydrogen) atoms. The van der Waals surface area contributed by atoms with Crippen LogP contribution in [0.1, 0.15) is 33.1 Å². The molecule has 5 nitrogen and oxygen atoms in total. The van der Waals surface area contributed by atoms with Gasteiger partial charge in [-0.05, 0) is 18.8 Å². The summed E-state index contributed by atoms with van der Waals surface area (Å²) >= 11 is 0. The molecular weight excluding hydrogens is 335 g/mol. The van der Waals surface area contributed by atoms with Gasteiger partial charge in [-0.1, -0.05) is 20.3 Å². The number of morpholine rings is 1. The molecule has 2 aliphatic rings. The molecule has 1 N–H and O–H groups in total. The van der Waals surface area contributed by atoms with Crippen LogP contribution >= 0.6 is 0 Å². The molecular formula is C17H30F3N3O2. The van der Waals surface area contributed by atoms with Gasteiger partial charge >= 0.3 is 6.18 Å². The van der Waals surface area contributed by atoms with Crippen molar-refractivity contribution in [3.8, 4) is 0 Å². The number of halogens is 3. The Hall–Kier alpha value is -0.860. The van der Waals surface area contributed by atoms with Gasteiger partial charge < -0.3 is 10.1 Å². The van der Waals surface area contributed by atoms with Crippen molar-refractivity contribution in [2.24, 2.45) is 5.92 Å². The maximum atomic E-state index is 12.7. The standard InChI is InChI=1S/C17H30F3N3O2/c1-13(2)9-22-6-7-25-15(10-22)8-21-16(24)11-23(12-17(18,19)20)14-4-3-5-14/h13-15H,3-12H2,1-2H3,(H,21,24)/t15-/m0/s1. The van der Waals surface area contributed by atoms with Crippen LogP contribution in [-0.4, -0.2) is 79.9 Å². The number of nitrogens with one attached hydrogen (secondary N) is 1. The highest BCUT2D eigenvalue weighted by atomic mass is 19.4. The Morgan fingerprint density at radius 1 is 1.36 bits per heavy atom. The number of rotatable bonds is 8. The first kappa shape index (κ1) is 20.5. The van der Waals surface area contributed by atoms with Gasteiger partial charge in [-0.15, -0.1) is 0 Å². The molecule has 8 heteroatoms. The monoisotopic (exact) mass is 365 g/mol. The van der Waals surface area contributed by atoms with Crippen molar-refractivity contribution in [3.05, 3.63) is 0 Å². The molecule has 2 fully saturated rings. The third-order valence-electron chi connectivity index (χ3n) is 4.69. The number of carbonyl (C=O) groups excluding carboxylic acids is 1. The van der Waals surface area contributed by atoms with Gasteiger partial charge in [-0.2, -0.15) is 13.2 Å². The van der Waals surface area contributed by atoms with Crippen LogP contribution in [0.5, 0.6) is 0 Å². The topological polar surface area (TPSA) is 44.8 Å². The van der Waals surface area contributed by atoms with E-state index in [1.165, 1.54) is 4.90 Å². The molecule has 0 aromatic rings. The lowest BCUT2D eigenvalue weighted by molar-refractivity contribution is -0.157. The van der Waals surface area contributed by atoms with Crippen molar-refractivity contribution in [1.29, 1.82) is 0 Å². The Bertz CT molecular complexity index is 428. The van der Waals surface area contributed by atoms with E-state index in [0.29, 0.717) is 19.1 Å². The summed E-state index contributed by atoms with van der Waals surface area (Å²) in [6.07, 6.45) is -1.98. The van der Waals surface area contributed by atoms with E-state index in [2.05, 4.69) is 24.1 Å². The van der Waals surface area contributed by atoms with Gasteiger partial charge in [-0.25, -0.2) is 0 Å². The smallest absolute Gasteiger partial charge is 0.374 e. The number of carbonyl (C=O) groups is 1. The van der Waals surface area contributed by atoms with E-state index in [0.717, 1.165) is 38.9 Å². The van der Waals surface area contributed by atoms with Crippen molar-refractivity contribution in [2.75, 3.05) is 45.9 Å². The highest BCUT2D eigenvalue weighted by molar-refractivity contribution is 5.78. The third kappa shape index (κ3) is 7.50. The molecule has 1 aliphatic carbocycles. The second kappa shape index (κ2) is 9.19. The molecule has 1 saturated carbocycles. The molecule has 1 aliphatic heterocycles. The average Bonchev–Trinajstić information content (AvgIpc) is 2.41. The van der Waals surface area contributed by atoms with E-state index in [4.69, 9.17) is 4.74 Å². The fourth-order valence-corrected chi connectivity index (χ4v) is 3.35. The summed E-state index contributed by atoms with van der Waals surface area (Å²) < 4.78 is 43.8. The van der Waals surface area contributed by atoms with Crippen LogP contribution in [0.4, 0.5) is 13.2 Å². The molecule has 1 atom stereocenters. The van der Waals surface area contributed by atoms with Gasteiger partial charge in [0, 0.05) is 32.2 Å². The van der Waals surface area contributed by atoms with Crippen molar-refractivity contribution >= 4 is 5.91 Å². The normalized spacial score (nSPS) is 23.1. The first-order valence-corrected chi connectivity index (χ1v) is 9.14. The third-order valence-corrected chi connectivity index (χ3v) is 4.69. The summed E-state index contributed by atoms with van der Waals surface area (Å²) in [5.74, 6) is 0.201. The van der Waals surface area contributed by atoms with E-state index in [1.807, 2.05) is 0 Å². The van der Waals surface area contributed by atoms with Crippen LogP contribution in [0, 0.1) is 5.92 Å². The van der Waals surface area contributed by atoms with Gasteiger partial charge in [0.1, 0.15) is 0 Å². The summed E-state index contributed by atoms with van der Waals surface area (Å²) in [5, 5.41) is 2.75. The summed E-state index contributed by atoms with van der Waals surface area (Å²) in [5.41, 5.74) is 0. The largest absolute Gasteiger partial charge is 0.401 e. The van der Waals surface area contributed by atoms with Crippen LogP contribution in [0.15, 0.2) is 0 Å². The first-order valence-electron chi connectivity index (χ1n) is 9.14. The maximum absolute atomic E-state index is 12.7. The van der Waals surface area contributed by atoms with Crippen LogP contribution in [0.25, 0.3) is 0 Å². The molecule has 0 bridgehead atoms. The van der Waals surface area contributed by atoms with E-state index in [-0.39, 0.29) is 24.6 Å². The van der Waals surface area contributed by atoms with Crippen LogP contribution < -0.4 is 5.32 Å².